The Balaban J connectivity index is 2.08. The Morgan fingerprint density at radius 1 is 1.27 bits per heavy atom. The van der Waals surface area contributed by atoms with Crippen LogP contribution < -0.4 is 10.2 Å². The first kappa shape index (κ1) is 10.2. The molecule has 82 valence electrons. The highest BCUT2D eigenvalue weighted by Crippen LogP contribution is 2.13. The number of hydrogen-bond acceptors (Lipinski definition) is 5. The average molecular weight is 207 g/mol. The molecular formula is C10H17N5. The van der Waals surface area contributed by atoms with Gasteiger partial charge >= 0.3 is 0 Å². The summed E-state index contributed by atoms with van der Waals surface area (Å²) in [6, 6.07) is 1.96. The van der Waals surface area contributed by atoms with E-state index in [-0.39, 0.29) is 0 Å². The Morgan fingerprint density at radius 2 is 2.00 bits per heavy atom. The minimum atomic E-state index is 0.687. The van der Waals surface area contributed by atoms with Crippen molar-refractivity contribution in [1.29, 1.82) is 0 Å². The van der Waals surface area contributed by atoms with E-state index >= 15 is 0 Å². The lowest BCUT2D eigenvalue weighted by Gasteiger charge is -2.33. The Labute approximate surface area is 90.1 Å². The first-order valence-electron chi connectivity index (χ1n) is 5.24. The predicted molar refractivity (Wildman–Crippen MR) is 61.3 cm³/mol. The SMILES string of the molecule is CNc1nccc(N2CCN(C)CC2)n1. The molecule has 0 aromatic carbocycles. The van der Waals surface area contributed by atoms with Crippen molar-refractivity contribution in [3.05, 3.63) is 12.3 Å². The molecule has 0 aliphatic carbocycles. The van der Waals surface area contributed by atoms with Crippen molar-refractivity contribution in [3.8, 4) is 0 Å². The summed E-state index contributed by atoms with van der Waals surface area (Å²) >= 11 is 0. The Morgan fingerprint density at radius 3 is 2.67 bits per heavy atom. The molecule has 0 radical (unpaired) electrons. The number of hydrogen-bond donors (Lipinski definition) is 1. The molecule has 15 heavy (non-hydrogen) atoms. The van der Waals surface area contributed by atoms with Crippen molar-refractivity contribution in [2.75, 3.05) is 50.5 Å². The molecule has 1 N–H and O–H groups in total. The monoisotopic (exact) mass is 207 g/mol. The van der Waals surface area contributed by atoms with Crippen LogP contribution in [0.3, 0.4) is 0 Å². The van der Waals surface area contributed by atoms with Gasteiger partial charge in [0.1, 0.15) is 5.82 Å². The third-order valence-electron chi connectivity index (χ3n) is 2.69. The van der Waals surface area contributed by atoms with Crippen LogP contribution in [0.5, 0.6) is 0 Å². The van der Waals surface area contributed by atoms with E-state index in [9.17, 15) is 0 Å². The lowest BCUT2D eigenvalue weighted by molar-refractivity contribution is 0.312. The van der Waals surface area contributed by atoms with Gasteiger partial charge in [0.15, 0.2) is 0 Å². The van der Waals surface area contributed by atoms with Crippen LogP contribution in [0.15, 0.2) is 12.3 Å². The standard InChI is InChI=1S/C10H17N5/c1-11-10-12-4-3-9(13-10)15-7-5-14(2)6-8-15/h3-4H,5-8H2,1-2H3,(H,11,12,13). The summed E-state index contributed by atoms with van der Waals surface area (Å²) in [5, 5.41) is 2.96. The first-order valence-corrected chi connectivity index (χ1v) is 5.24. The van der Waals surface area contributed by atoms with Gasteiger partial charge in [0.2, 0.25) is 5.95 Å². The van der Waals surface area contributed by atoms with Crippen molar-refractivity contribution in [3.63, 3.8) is 0 Å². The van der Waals surface area contributed by atoms with Crippen LogP contribution in [0.25, 0.3) is 0 Å². The Bertz CT molecular complexity index is 319. The van der Waals surface area contributed by atoms with E-state index in [0.29, 0.717) is 5.95 Å². The molecular weight excluding hydrogens is 190 g/mol. The van der Waals surface area contributed by atoms with Crippen LogP contribution in [-0.2, 0) is 0 Å². The fourth-order valence-corrected chi connectivity index (χ4v) is 1.68. The van der Waals surface area contributed by atoms with Crippen LogP contribution >= 0.6 is 0 Å². The first-order chi connectivity index (χ1) is 7.29. The van der Waals surface area contributed by atoms with Gasteiger partial charge in [-0.15, -0.1) is 0 Å². The van der Waals surface area contributed by atoms with Gasteiger partial charge in [0, 0.05) is 39.4 Å². The van der Waals surface area contributed by atoms with Gasteiger partial charge < -0.3 is 15.1 Å². The minimum absolute atomic E-state index is 0.687. The second-order valence-corrected chi connectivity index (χ2v) is 3.78. The topological polar surface area (TPSA) is 44.3 Å². The molecule has 2 heterocycles. The highest BCUT2D eigenvalue weighted by atomic mass is 15.3. The summed E-state index contributed by atoms with van der Waals surface area (Å²) in [4.78, 5) is 13.2. The van der Waals surface area contributed by atoms with Crippen molar-refractivity contribution < 1.29 is 0 Å². The Hall–Kier alpha value is -1.36. The molecule has 0 saturated carbocycles. The number of aromatic nitrogens is 2. The summed E-state index contributed by atoms with van der Waals surface area (Å²) < 4.78 is 0. The van der Waals surface area contributed by atoms with E-state index in [4.69, 9.17) is 0 Å². The Kier molecular flexibility index (Phi) is 3.01. The zero-order valence-corrected chi connectivity index (χ0v) is 9.27. The van der Waals surface area contributed by atoms with Crippen molar-refractivity contribution >= 4 is 11.8 Å². The molecule has 1 aliphatic heterocycles. The summed E-state index contributed by atoms with van der Waals surface area (Å²) in [7, 11) is 3.99. The van der Waals surface area contributed by atoms with Crippen molar-refractivity contribution in [2.45, 2.75) is 0 Å². The highest BCUT2D eigenvalue weighted by molar-refractivity contribution is 5.42. The third-order valence-corrected chi connectivity index (χ3v) is 2.69. The fraction of sp³-hybridized carbons (Fsp3) is 0.600. The van der Waals surface area contributed by atoms with Crippen molar-refractivity contribution in [2.24, 2.45) is 0 Å². The lowest BCUT2D eigenvalue weighted by atomic mass is 10.3. The van der Waals surface area contributed by atoms with E-state index < -0.39 is 0 Å². The third kappa shape index (κ3) is 2.36. The van der Waals surface area contributed by atoms with Crippen LogP contribution in [0.1, 0.15) is 0 Å². The number of rotatable bonds is 2. The van der Waals surface area contributed by atoms with E-state index in [1.807, 2.05) is 13.1 Å². The lowest BCUT2D eigenvalue weighted by Crippen LogP contribution is -2.44. The average Bonchev–Trinajstić information content (AvgIpc) is 2.30. The van der Waals surface area contributed by atoms with E-state index in [2.05, 4.69) is 32.1 Å². The van der Waals surface area contributed by atoms with E-state index in [1.165, 1.54) is 0 Å². The summed E-state index contributed by atoms with van der Waals surface area (Å²) in [6.07, 6.45) is 1.80. The van der Waals surface area contributed by atoms with Gasteiger partial charge in [0.05, 0.1) is 0 Å². The molecule has 0 atom stereocenters. The van der Waals surface area contributed by atoms with E-state index in [1.54, 1.807) is 6.20 Å². The molecule has 5 heteroatoms. The number of nitrogens with one attached hydrogen (secondary N) is 1. The molecule has 1 fully saturated rings. The summed E-state index contributed by atoms with van der Waals surface area (Å²) in [5.74, 6) is 1.70. The molecule has 1 aliphatic rings. The molecule has 1 saturated heterocycles. The van der Waals surface area contributed by atoms with Gasteiger partial charge in [-0.3, -0.25) is 0 Å². The number of nitrogens with zero attached hydrogens (tertiary/aromatic N) is 4. The summed E-state index contributed by atoms with van der Waals surface area (Å²) in [5.41, 5.74) is 0. The molecule has 1 aromatic rings. The number of likely N-dealkylation sites (N-methyl/N-ethyl adjacent to an activating group) is 1. The molecule has 0 unspecified atom stereocenters. The second kappa shape index (κ2) is 4.44. The number of anilines is 2. The molecule has 5 nitrogen and oxygen atoms in total. The molecule has 0 bridgehead atoms. The van der Waals surface area contributed by atoms with Gasteiger partial charge in [-0.05, 0) is 13.1 Å². The fourth-order valence-electron chi connectivity index (χ4n) is 1.68. The minimum Gasteiger partial charge on any atom is -0.357 e. The normalized spacial score (nSPS) is 17.9. The highest BCUT2D eigenvalue weighted by Gasteiger charge is 2.15. The van der Waals surface area contributed by atoms with Crippen molar-refractivity contribution in [1.82, 2.24) is 14.9 Å². The molecule has 1 aromatic heterocycles. The van der Waals surface area contributed by atoms with Crippen LogP contribution in [0, 0.1) is 0 Å². The van der Waals surface area contributed by atoms with Gasteiger partial charge in [-0.1, -0.05) is 0 Å². The van der Waals surface area contributed by atoms with E-state index in [0.717, 1.165) is 32.0 Å². The predicted octanol–water partition coefficient (Wildman–Crippen LogP) is 0.270. The van der Waals surface area contributed by atoms with Crippen LogP contribution in [0.4, 0.5) is 11.8 Å². The van der Waals surface area contributed by atoms with Gasteiger partial charge in [-0.2, -0.15) is 4.98 Å². The zero-order chi connectivity index (χ0) is 10.7. The largest absolute Gasteiger partial charge is 0.357 e. The van der Waals surface area contributed by atoms with Crippen LogP contribution in [0.2, 0.25) is 0 Å². The maximum Gasteiger partial charge on any atom is 0.224 e. The molecule has 2 rings (SSSR count). The maximum absolute atomic E-state index is 4.43. The smallest absolute Gasteiger partial charge is 0.224 e. The second-order valence-electron chi connectivity index (χ2n) is 3.78. The maximum atomic E-state index is 4.43. The van der Waals surface area contributed by atoms with Crippen LogP contribution in [-0.4, -0.2) is 55.1 Å². The van der Waals surface area contributed by atoms with Gasteiger partial charge in [-0.25, -0.2) is 4.98 Å². The zero-order valence-electron chi connectivity index (χ0n) is 9.27. The molecule has 0 spiro atoms. The molecule has 0 amide bonds. The van der Waals surface area contributed by atoms with Gasteiger partial charge in [0.25, 0.3) is 0 Å². The number of piperazine rings is 1. The summed E-state index contributed by atoms with van der Waals surface area (Å²) in [6.45, 7) is 4.27. The quantitative estimate of drug-likeness (QED) is 0.754.